The van der Waals surface area contributed by atoms with Crippen LogP contribution in [0, 0.1) is 11.3 Å². The van der Waals surface area contributed by atoms with Crippen LogP contribution in [0.5, 0.6) is 5.75 Å². The molecule has 1 aromatic heterocycles. The van der Waals surface area contributed by atoms with Crippen molar-refractivity contribution in [2.75, 3.05) is 5.32 Å². The van der Waals surface area contributed by atoms with E-state index in [1.54, 1.807) is 31.2 Å². The Bertz CT molecular complexity index is 660. The first-order valence-corrected chi connectivity index (χ1v) is 7.24. The molecule has 6 nitrogen and oxygen atoms in total. The molecular formula is C14H14N4O2S. The average Bonchev–Trinajstić information content (AvgIpc) is 2.95. The van der Waals surface area contributed by atoms with Crippen LogP contribution in [0.25, 0.3) is 0 Å². The van der Waals surface area contributed by atoms with Gasteiger partial charge in [0.05, 0.1) is 11.6 Å². The van der Waals surface area contributed by atoms with Gasteiger partial charge in [0.15, 0.2) is 6.10 Å². The summed E-state index contributed by atoms with van der Waals surface area (Å²) in [6.45, 7) is 3.62. The summed E-state index contributed by atoms with van der Waals surface area (Å²) < 4.78 is 5.52. The van der Waals surface area contributed by atoms with Crippen LogP contribution in [0.3, 0.4) is 0 Å². The van der Waals surface area contributed by atoms with Gasteiger partial charge >= 0.3 is 0 Å². The molecule has 1 atom stereocenters. The predicted molar refractivity (Wildman–Crippen MR) is 79.2 cm³/mol. The molecule has 7 heteroatoms. The molecule has 1 heterocycles. The van der Waals surface area contributed by atoms with Gasteiger partial charge in [0.1, 0.15) is 10.8 Å². The van der Waals surface area contributed by atoms with Gasteiger partial charge in [-0.05, 0) is 37.6 Å². The second kappa shape index (κ2) is 6.81. The van der Waals surface area contributed by atoms with E-state index in [1.807, 2.05) is 13.0 Å². The number of rotatable bonds is 5. The fourth-order valence-electron chi connectivity index (χ4n) is 1.52. The van der Waals surface area contributed by atoms with Gasteiger partial charge in [0, 0.05) is 0 Å². The molecule has 0 saturated heterocycles. The Morgan fingerprint density at radius 3 is 2.71 bits per heavy atom. The van der Waals surface area contributed by atoms with Crippen molar-refractivity contribution < 1.29 is 9.53 Å². The molecule has 0 aliphatic carbocycles. The number of hydrogen-bond acceptors (Lipinski definition) is 6. The van der Waals surface area contributed by atoms with E-state index in [2.05, 4.69) is 15.5 Å². The Hall–Kier alpha value is -2.46. The Morgan fingerprint density at radius 2 is 2.14 bits per heavy atom. The number of amides is 1. The van der Waals surface area contributed by atoms with Crippen molar-refractivity contribution in [3.05, 3.63) is 34.8 Å². The molecule has 0 unspecified atom stereocenters. The summed E-state index contributed by atoms with van der Waals surface area (Å²) in [5, 5.41) is 20.5. The number of carbonyl (C=O) groups excluding carboxylic acids is 1. The summed E-state index contributed by atoms with van der Waals surface area (Å²) in [5.74, 6) is 0.237. The summed E-state index contributed by atoms with van der Waals surface area (Å²) in [7, 11) is 0. The summed E-state index contributed by atoms with van der Waals surface area (Å²) in [5.41, 5.74) is 0.542. The molecule has 0 saturated carbocycles. The lowest BCUT2D eigenvalue weighted by atomic mass is 10.2. The normalized spacial score (nSPS) is 11.5. The SMILES string of the molecule is CCc1nnc(NC(=O)[C@@H](C)Oc2ccc(C#N)cc2)s1. The highest BCUT2D eigenvalue weighted by Gasteiger charge is 2.16. The summed E-state index contributed by atoms with van der Waals surface area (Å²) >= 11 is 1.34. The van der Waals surface area contributed by atoms with Crippen molar-refractivity contribution >= 4 is 22.4 Å². The smallest absolute Gasteiger partial charge is 0.266 e. The molecular weight excluding hydrogens is 288 g/mol. The maximum absolute atomic E-state index is 12.0. The Labute approximate surface area is 126 Å². The first kappa shape index (κ1) is 14.9. The fraction of sp³-hybridized carbons (Fsp3) is 0.286. The molecule has 0 fully saturated rings. The number of nitrogens with zero attached hydrogens (tertiary/aromatic N) is 3. The minimum Gasteiger partial charge on any atom is -0.481 e. The van der Waals surface area contributed by atoms with Crippen LogP contribution in [-0.2, 0) is 11.2 Å². The van der Waals surface area contributed by atoms with Crippen LogP contribution in [0.1, 0.15) is 24.4 Å². The van der Waals surface area contributed by atoms with Gasteiger partial charge in [-0.3, -0.25) is 10.1 Å². The van der Waals surface area contributed by atoms with Crippen molar-refractivity contribution in [3.63, 3.8) is 0 Å². The number of nitriles is 1. The zero-order chi connectivity index (χ0) is 15.2. The summed E-state index contributed by atoms with van der Waals surface area (Å²) in [4.78, 5) is 12.0. The van der Waals surface area contributed by atoms with Crippen LogP contribution in [0.15, 0.2) is 24.3 Å². The number of anilines is 1. The third kappa shape index (κ3) is 4.00. The number of aryl methyl sites for hydroxylation is 1. The lowest BCUT2D eigenvalue weighted by molar-refractivity contribution is -0.122. The molecule has 0 aliphatic heterocycles. The average molecular weight is 302 g/mol. The molecule has 1 N–H and O–H groups in total. The molecule has 0 aliphatic rings. The quantitative estimate of drug-likeness (QED) is 0.916. The van der Waals surface area contributed by atoms with Crippen LogP contribution < -0.4 is 10.1 Å². The maximum Gasteiger partial charge on any atom is 0.266 e. The van der Waals surface area contributed by atoms with Crippen LogP contribution >= 0.6 is 11.3 Å². The zero-order valence-corrected chi connectivity index (χ0v) is 12.5. The lowest BCUT2D eigenvalue weighted by Crippen LogP contribution is -2.30. The molecule has 21 heavy (non-hydrogen) atoms. The number of nitrogens with one attached hydrogen (secondary N) is 1. The molecule has 0 spiro atoms. The van der Waals surface area contributed by atoms with Crippen molar-refractivity contribution in [1.82, 2.24) is 10.2 Å². The first-order valence-electron chi connectivity index (χ1n) is 6.42. The number of ether oxygens (including phenoxy) is 1. The van der Waals surface area contributed by atoms with Gasteiger partial charge in [-0.15, -0.1) is 10.2 Å². The van der Waals surface area contributed by atoms with E-state index in [0.717, 1.165) is 11.4 Å². The third-order valence-electron chi connectivity index (χ3n) is 2.66. The number of hydrogen-bond donors (Lipinski definition) is 1. The van der Waals surface area contributed by atoms with Crippen molar-refractivity contribution in [3.8, 4) is 11.8 Å². The van der Waals surface area contributed by atoms with Gasteiger partial charge in [-0.2, -0.15) is 5.26 Å². The molecule has 1 aromatic carbocycles. The van der Waals surface area contributed by atoms with E-state index < -0.39 is 6.10 Å². The topological polar surface area (TPSA) is 87.9 Å². The van der Waals surface area contributed by atoms with Crippen molar-refractivity contribution in [2.45, 2.75) is 26.4 Å². The maximum atomic E-state index is 12.0. The first-order chi connectivity index (χ1) is 10.1. The Morgan fingerprint density at radius 1 is 1.43 bits per heavy atom. The highest BCUT2D eigenvalue weighted by molar-refractivity contribution is 7.15. The van der Waals surface area contributed by atoms with Gasteiger partial charge in [-0.1, -0.05) is 18.3 Å². The minimum absolute atomic E-state index is 0.293. The van der Waals surface area contributed by atoms with Crippen LogP contribution in [-0.4, -0.2) is 22.2 Å². The Balaban J connectivity index is 1.94. The zero-order valence-electron chi connectivity index (χ0n) is 11.7. The number of carbonyl (C=O) groups is 1. The van der Waals surface area contributed by atoms with E-state index in [1.165, 1.54) is 11.3 Å². The molecule has 0 bridgehead atoms. The predicted octanol–water partition coefficient (Wildman–Crippen LogP) is 2.38. The van der Waals surface area contributed by atoms with Gasteiger partial charge in [0.25, 0.3) is 5.91 Å². The molecule has 2 rings (SSSR count). The van der Waals surface area contributed by atoms with Crippen molar-refractivity contribution in [2.24, 2.45) is 0 Å². The summed E-state index contributed by atoms with van der Waals surface area (Å²) in [6, 6.07) is 8.61. The molecule has 1 amide bonds. The van der Waals surface area contributed by atoms with Gasteiger partial charge in [0.2, 0.25) is 5.13 Å². The standard InChI is InChI=1S/C14H14N4O2S/c1-3-12-17-18-14(21-12)16-13(19)9(2)20-11-6-4-10(8-15)5-7-11/h4-7,9H,3H2,1-2H3,(H,16,18,19)/t9-/m1/s1. The van der Waals surface area contributed by atoms with E-state index in [9.17, 15) is 4.79 Å². The largest absolute Gasteiger partial charge is 0.481 e. The van der Waals surface area contributed by atoms with Crippen LogP contribution in [0.2, 0.25) is 0 Å². The minimum atomic E-state index is -0.674. The van der Waals surface area contributed by atoms with E-state index in [-0.39, 0.29) is 5.91 Å². The number of benzene rings is 1. The second-order valence-electron chi connectivity index (χ2n) is 4.24. The monoisotopic (exact) mass is 302 g/mol. The lowest BCUT2D eigenvalue weighted by Gasteiger charge is -2.13. The Kier molecular flexibility index (Phi) is 4.85. The number of aromatic nitrogens is 2. The molecule has 0 radical (unpaired) electrons. The fourth-order valence-corrected chi connectivity index (χ4v) is 2.20. The highest BCUT2D eigenvalue weighted by atomic mass is 32.1. The van der Waals surface area contributed by atoms with E-state index in [0.29, 0.717) is 16.4 Å². The summed E-state index contributed by atoms with van der Waals surface area (Å²) in [6.07, 6.45) is 0.108. The van der Waals surface area contributed by atoms with Gasteiger partial charge < -0.3 is 4.74 Å². The van der Waals surface area contributed by atoms with E-state index in [4.69, 9.17) is 10.00 Å². The second-order valence-corrected chi connectivity index (χ2v) is 5.30. The van der Waals surface area contributed by atoms with Gasteiger partial charge in [-0.25, -0.2) is 0 Å². The van der Waals surface area contributed by atoms with Crippen molar-refractivity contribution in [1.29, 1.82) is 5.26 Å². The van der Waals surface area contributed by atoms with Crippen LogP contribution in [0.4, 0.5) is 5.13 Å². The third-order valence-corrected chi connectivity index (χ3v) is 3.65. The highest BCUT2D eigenvalue weighted by Crippen LogP contribution is 2.17. The molecule has 2 aromatic rings. The molecule has 108 valence electrons. The van der Waals surface area contributed by atoms with E-state index >= 15 is 0 Å².